The second-order valence-electron chi connectivity index (χ2n) is 6.97. The van der Waals surface area contributed by atoms with Crippen molar-refractivity contribution < 1.29 is 19.1 Å². The van der Waals surface area contributed by atoms with Gasteiger partial charge in [-0.2, -0.15) is 0 Å². The molecule has 149 valence electrons. The molecule has 0 aliphatic rings. The highest BCUT2D eigenvalue weighted by atomic mass is 16.5. The van der Waals surface area contributed by atoms with E-state index in [0.29, 0.717) is 26.1 Å². The fraction of sp³-hybridized carbons (Fsp3) is 0.522. The van der Waals surface area contributed by atoms with Gasteiger partial charge in [0, 0.05) is 25.9 Å². The Kier molecular flexibility index (Phi) is 12.4. The van der Waals surface area contributed by atoms with E-state index in [0.717, 1.165) is 44.1 Å². The normalized spacial score (nSPS) is 13.1. The number of hydrogen-bond acceptors (Lipinski definition) is 4. The van der Waals surface area contributed by atoms with Crippen LogP contribution in [-0.4, -0.2) is 24.5 Å². The summed E-state index contributed by atoms with van der Waals surface area (Å²) in [6.07, 6.45) is 11.2. The lowest BCUT2D eigenvalue weighted by Gasteiger charge is -2.27. The summed E-state index contributed by atoms with van der Waals surface area (Å²) in [7, 11) is 0. The average Bonchev–Trinajstić information content (AvgIpc) is 2.66. The van der Waals surface area contributed by atoms with Crippen LogP contribution in [0, 0.1) is 19.3 Å². The van der Waals surface area contributed by atoms with E-state index >= 15 is 0 Å². The van der Waals surface area contributed by atoms with E-state index in [-0.39, 0.29) is 5.78 Å². The van der Waals surface area contributed by atoms with Gasteiger partial charge in [-0.1, -0.05) is 50.1 Å². The summed E-state index contributed by atoms with van der Waals surface area (Å²) in [5.41, 5.74) is 0.519. The molecule has 0 unspecified atom stereocenters. The first-order valence-electron chi connectivity index (χ1n) is 9.88. The fourth-order valence-electron chi connectivity index (χ4n) is 2.73. The number of rotatable bonds is 17. The number of carbonyl (C=O) groups is 2. The van der Waals surface area contributed by atoms with Crippen molar-refractivity contribution in [2.75, 3.05) is 6.61 Å². The van der Waals surface area contributed by atoms with Crippen LogP contribution < -0.4 is 0 Å². The van der Waals surface area contributed by atoms with Crippen LogP contribution in [0.5, 0.6) is 0 Å². The molecule has 27 heavy (non-hydrogen) atoms. The van der Waals surface area contributed by atoms with Crippen LogP contribution in [0.4, 0.5) is 0 Å². The molecule has 0 aliphatic carbocycles. The lowest BCUT2D eigenvalue weighted by molar-refractivity contribution is -0.139. The summed E-state index contributed by atoms with van der Waals surface area (Å²) < 4.78 is 10.8. The Morgan fingerprint density at radius 3 is 2.59 bits per heavy atom. The van der Waals surface area contributed by atoms with Gasteiger partial charge in [0.15, 0.2) is 0 Å². The van der Waals surface area contributed by atoms with E-state index in [2.05, 4.69) is 6.92 Å². The zero-order valence-corrected chi connectivity index (χ0v) is 16.7. The summed E-state index contributed by atoms with van der Waals surface area (Å²) in [5.74, 6) is 0.0799. The molecule has 0 heterocycles. The monoisotopic (exact) mass is 373 g/mol. The maximum absolute atomic E-state index is 11.9. The maximum Gasteiger partial charge on any atom is 0.293 e. The van der Waals surface area contributed by atoms with Gasteiger partial charge in [0.05, 0.1) is 6.61 Å². The number of unbranched alkanes of at least 4 members (excludes halogenated alkanes) is 3. The van der Waals surface area contributed by atoms with Crippen molar-refractivity contribution in [3.8, 4) is 0 Å². The van der Waals surface area contributed by atoms with Gasteiger partial charge in [-0.25, -0.2) is 0 Å². The molecule has 1 rings (SSSR count). The van der Waals surface area contributed by atoms with Crippen molar-refractivity contribution in [3.63, 3.8) is 0 Å². The molecule has 0 aliphatic heterocycles. The second kappa shape index (κ2) is 14.4. The third kappa shape index (κ3) is 11.6. The van der Waals surface area contributed by atoms with Gasteiger partial charge in [0.25, 0.3) is 6.47 Å². The molecule has 4 nitrogen and oxygen atoms in total. The summed E-state index contributed by atoms with van der Waals surface area (Å²) >= 11 is 0. The van der Waals surface area contributed by atoms with Gasteiger partial charge in [-0.15, -0.1) is 0 Å². The fourth-order valence-corrected chi connectivity index (χ4v) is 2.73. The number of Topliss-reactive ketones (excluding diaryl/α,β-unsaturated/α-hetero) is 1. The number of carbonyl (C=O) groups excluding carboxylic acids is 2. The highest BCUT2D eigenvalue weighted by Gasteiger charge is 2.25. The zero-order valence-electron chi connectivity index (χ0n) is 16.7. The molecule has 0 saturated heterocycles. The molecule has 0 bridgehead atoms. The highest BCUT2D eigenvalue weighted by Crippen LogP contribution is 2.24. The molecule has 1 aromatic carbocycles. The number of ether oxygens (including phenoxy) is 2. The van der Waals surface area contributed by atoms with Crippen molar-refractivity contribution in [1.82, 2.24) is 0 Å². The SMILES string of the molecule is CCCCC[C@](C)([CH][CH][CH]C(=O)CCCCOCc1ccccc1)OC=O. The van der Waals surface area contributed by atoms with Crippen LogP contribution in [0.15, 0.2) is 30.3 Å². The first-order chi connectivity index (χ1) is 13.1. The quantitative estimate of drug-likeness (QED) is 0.283. The van der Waals surface area contributed by atoms with Crippen LogP contribution in [0.2, 0.25) is 0 Å². The molecular weight excluding hydrogens is 340 g/mol. The smallest absolute Gasteiger partial charge is 0.293 e. The predicted octanol–water partition coefficient (Wildman–Crippen LogP) is 5.07. The third-order valence-electron chi connectivity index (χ3n) is 4.40. The van der Waals surface area contributed by atoms with Gasteiger partial charge in [0.2, 0.25) is 0 Å². The minimum Gasteiger partial charge on any atom is -0.461 e. The minimum atomic E-state index is -0.640. The molecule has 0 spiro atoms. The lowest BCUT2D eigenvalue weighted by atomic mass is 9.91. The van der Waals surface area contributed by atoms with Crippen molar-refractivity contribution in [2.45, 2.75) is 71.0 Å². The van der Waals surface area contributed by atoms with Gasteiger partial charge in [0.1, 0.15) is 11.4 Å². The van der Waals surface area contributed by atoms with Crippen molar-refractivity contribution in [3.05, 3.63) is 55.2 Å². The van der Waals surface area contributed by atoms with Gasteiger partial charge in [-0.3, -0.25) is 9.59 Å². The topological polar surface area (TPSA) is 52.6 Å². The lowest BCUT2D eigenvalue weighted by Crippen LogP contribution is -2.29. The van der Waals surface area contributed by atoms with Crippen molar-refractivity contribution in [2.24, 2.45) is 0 Å². The molecule has 0 aromatic heterocycles. The summed E-state index contributed by atoms with van der Waals surface area (Å²) in [5, 5.41) is 0. The largest absolute Gasteiger partial charge is 0.461 e. The van der Waals surface area contributed by atoms with E-state index in [9.17, 15) is 9.59 Å². The Balaban J connectivity index is 2.08. The van der Waals surface area contributed by atoms with E-state index in [1.807, 2.05) is 37.3 Å². The first-order valence-corrected chi connectivity index (χ1v) is 9.88. The molecule has 0 amide bonds. The van der Waals surface area contributed by atoms with E-state index < -0.39 is 5.60 Å². The van der Waals surface area contributed by atoms with Crippen molar-refractivity contribution >= 4 is 12.3 Å². The van der Waals surface area contributed by atoms with E-state index in [1.54, 1.807) is 19.3 Å². The standard InChI is InChI=1S/C23H33O4/c1-3-4-9-16-23(2,27-20-24)17-11-15-22(25)14-8-10-18-26-19-21-12-6-5-7-13-21/h5-7,11-13,15,17,20H,3-4,8-10,14,16,18-19H2,1-2H3/t23-/m1/s1. The van der Waals surface area contributed by atoms with Crippen LogP contribution in [0.3, 0.4) is 0 Å². The van der Waals surface area contributed by atoms with Gasteiger partial charge < -0.3 is 9.47 Å². The number of benzene rings is 1. The van der Waals surface area contributed by atoms with Gasteiger partial charge >= 0.3 is 0 Å². The third-order valence-corrected chi connectivity index (χ3v) is 4.40. The Morgan fingerprint density at radius 1 is 1.11 bits per heavy atom. The van der Waals surface area contributed by atoms with Gasteiger partial charge in [-0.05, 0) is 44.6 Å². The highest BCUT2D eigenvalue weighted by molar-refractivity contribution is 5.88. The van der Waals surface area contributed by atoms with E-state index in [1.165, 1.54) is 0 Å². The predicted molar refractivity (Wildman–Crippen MR) is 108 cm³/mol. The molecule has 4 heteroatoms. The maximum atomic E-state index is 11.9. The minimum absolute atomic E-state index is 0.0799. The molecule has 0 saturated carbocycles. The van der Waals surface area contributed by atoms with Crippen molar-refractivity contribution in [1.29, 1.82) is 0 Å². The molecule has 0 N–H and O–H groups in total. The number of hydrogen-bond donors (Lipinski definition) is 0. The molecule has 0 fully saturated rings. The molecule has 1 atom stereocenters. The molecular formula is C23H33O4. The van der Waals surface area contributed by atoms with E-state index in [4.69, 9.17) is 9.47 Å². The van der Waals surface area contributed by atoms with Crippen LogP contribution in [0.1, 0.15) is 64.4 Å². The summed E-state index contributed by atoms with van der Waals surface area (Å²) in [6.45, 7) is 5.74. The molecule has 3 radical (unpaired) electrons. The van der Waals surface area contributed by atoms with Crippen LogP contribution in [-0.2, 0) is 25.7 Å². The average molecular weight is 374 g/mol. The Morgan fingerprint density at radius 2 is 1.89 bits per heavy atom. The Bertz CT molecular complexity index is 514. The second-order valence-corrected chi connectivity index (χ2v) is 6.97. The molecule has 1 aromatic rings. The van der Waals surface area contributed by atoms with Crippen LogP contribution >= 0.6 is 0 Å². The Hall–Kier alpha value is -1.68. The summed E-state index contributed by atoms with van der Waals surface area (Å²) in [6, 6.07) is 10.1. The first kappa shape index (κ1) is 23.4. The summed E-state index contributed by atoms with van der Waals surface area (Å²) in [4.78, 5) is 22.7. The Labute approximate surface area is 164 Å². The number of ketones is 1. The van der Waals surface area contributed by atoms with Crippen LogP contribution in [0.25, 0.3) is 0 Å². The zero-order chi connectivity index (χ0) is 19.8.